The van der Waals surface area contributed by atoms with Crippen molar-refractivity contribution >= 4 is 43.9 Å². The van der Waals surface area contributed by atoms with Gasteiger partial charge in [0.15, 0.2) is 5.58 Å². The lowest BCUT2D eigenvalue weighted by Gasteiger charge is -2.12. The number of hydrogen-bond donors (Lipinski definition) is 0. The average molecular weight is 771 g/mol. The van der Waals surface area contributed by atoms with Crippen molar-refractivity contribution in [2.45, 2.75) is 0 Å². The van der Waals surface area contributed by atoms with Crippen LogP contribution in [0.15, 0.2) is 225 Å². The molecule has 0 bridgehead atoms. The largest absolute Gasteiger partial charge is 0.456 e. The lowest BCUT2D eigenvalue weighted by atomic mass is 9.92. The molecule has 282 valence electrons. The van der Waals surface area contributed by atoms with Crippen LogP contribution in [0.4, 0.5) is 0 Å². The van der Waals surface area contributed by atoms with Crippen molar-refractivity contribution < 1.29 is 8.83 Å². The molecule has 11 aromatic rings. The molecule has 4 heteroatoms. The Labute approximate surface area is 344 Å². The average Bonchev–Trinajstić information content (AvgIpc) is 3.32. The standard InChI is InChI=1S/C56H34O4/c57-54-47-23-26-52-53(55(58)49-34-40(21-24-50(49)59-52)46-31-43(37-17-9-3-10-18-37)28-44(32-46)38-19-11-4-12-20-38)56(47)60-51-25-22-39(33-48(51)54)45-29-41(35-13-5-1-6-14-35)27-42(30-45)36-15-7-2-8-16-36/h1-34H. The van der Waals surface area contributed by atoms with Crippen molar-refractivity contribution in [3.05, 3.63) is 227 Å². The van der Waals surface area contributed by atoms with Gasteiger partial charge in [0.2, 0.25) is 10.9 Å². The summed E-state index contributed by atoms with van der Waals surface area (Å²) in [6, 6.07) is 69.0. The fourth-order valence-corrected chi connectivity index (χ4v) is 8.39. The van der Waals surface area contributed by atoms with E-state index >= 15 is 0 Å². The van der Waals surface area contributed by atoms with E-state index in [0.29, 0.717) is 32.9 Å². The second-order valence-electron chi connectivity index (χ2n) is 15.2. The lowest BCUT2D eigenvalue weighted by molar-refractivity contribution is 0.649. The monoisotopic (exact) mass is 770 g/mol. The van der Waals surface area contributed by atoms with Crippen molar-refractivity contribution in [1.29, 1.82) is 0 Å². The first-order chi connectivity index (χ1) is 29.5. The summed E-state index contributed by atoms with van der Waals surface area (Å²) < 4.78 is 12.9. The summed E-state index contributed by atoms with van der Waals surface area (Å²) >= 11 is 0. The van der Waals surface area contributed by atoms with E-state index in [0.717, 1.165) is 66.8 Å². The molecule has 0 saturated heterocycles. The summed E-state index contributed by atoms with van der Waals surface area (Å²) in [7, 11) is 0. The molecule has 0 atom stereocenters. The molecule has 4 nitrogen and oxygen atoms in total. The molecule has 2 aromatic heterocycles. The Morgan fingerprint density at radius 3 is 1.02 bits per heavy atom. The minimum absolute atomic E-state index is 0.211. The van der Waals surface area contributed by atoms with Crippen LogP contribution in [0, 0.1) is 0 Å². The van der Waals surface area contributed by atoms with Gasteiger partial charge in [0.25, 0.3) is 0 Å². The molecule has 0 radical (unpaired) electrons. The minimum Gasteiger partial charge on any atom is -0.456 e. The number of hydrogen-bond acceptors (Lipinski definition) is 4. The van der Waals surface area contributed by atoms with Crippen LogP contribution < -0.4 is 10.9 Å². The highest BCUT2D eigenvalue weighted by Gasteiger charge is 2.19. The third-order valence-corrected chi connectivity index (χ3v) is 11.4. The molecule has 60 heavy (non-hydrogen) atoms. The van der Waals surface area contributed by atoms with Gasteiger partial charge in [-0.1, -0.05) is 133 Å². The zero-order valence-corrected chi connectivity index (χ0v) is 32.3. The summed E-state index contributed by atoms with van der Waals surface area (Å²) in [5, 5.41) is 1.41. The van der Waals surface area contributed by atoms with Crippen molar-refractivity contribution in [2.75, 3.05) is 0 Å². The molecule has 0 aliphatic carbocycles. The SMILES string of the molecule is O=c1c2cc(-c3cc(-c4ccccc4)cc(-c4ccccc4)c3)ccc2oc2c1ccc1oc3ccc(-c4cc(-c5ccccc5)cc(-c5ccccc5)c4)cc3c(=O)c12. The van der Waals surface area contributed by atoms with Gasteiger partial charge in [-0.05, 0) is 140 Å². The number of benzene rings is 9. The van der Waals surface area contributed by atoms with Gasteiger partial charge in [0.05, 0.1) is 16.2 Å². The number of fused-ring (bicyclic) bond motifs is 5. The molecule has 2 heterocycles. The molecule has 0 amide bonds. The minimum atomic E-state index is -0.258. The van der Waals surface area contributed by atoms with Crippen LogP contribution in [0.1, 0.15) is 0 Å². The second-order valence-corrected chi connectivity index (χ2v) is 15.2. The van der Waals surface area contributed by atoms with E-state index in [1.807, 2.05) is 109 Å². The lowest BCUT2D eigenvalue weighted by Crippen LogP contribution is -2.07. The van der Waals surface area contributed by atoms with E-state index in [2.05, 4.69) is 84.9 Å². The normalized spacial score (nSPS) is 11.5. The van der Waals surface area contributed by atoms with E-state index in [-0.39, 0.29) is 21.8 Å². The smallest absolute Gasteiger partial charge is 0.204 e. The zero-order valence-electron chi connectivity index (χ0n) is 32.3. The van der Waals surface area contributed by atoms with Gasteiger partial charge in [0, 0.05) is 0 Å². The summed E-state index contributed by atoms with van der Waals surface area (Å²) in [6.45, 7) is 0. The Hall–Kier alpha value is -8.08. The molecule has 0 aliphatic rings. The molecule has 0 unspecified atom stereocenters. The van der Waals surface area contributed by atoms with Gasteiger partial charge >= 0.3 is 0 Å². The topological polar surface area (TPSA) is 60.4 Å². The first kappa shape index (κ1) is 35.1. The van der Waals surface area contributed by atoms with Crippen LogP contribution in [0.25, 0.3) is 111 Å². The van der Waals surface area contributed by atoms with Crippen LogP contribution in [0.5, 0.6) is 0 Å². The Bertz CT molecular complexity index is 3440. The van der Waals surface area contributed by atoms with Gasteiger partial charge in [-0.15, -0.1) is 0 Å². The maximum Gasteiger partial charge on any atom is 0.204 e. The van der Waals surface area contributed by atoms with Gasteiger partial charge in [-0.2, -0.15) is 0 Å². The molecule has 0 spiro atoms. The molecular weight excluding hydrogens is 737 g/mol. The first-order valence-electron chi connectivity index (χ1n) is 20.0. The predicted molar refractivity (Wildman–Crippen MR) is 246 cm³/mol. The maximum absolute atomic E-state index is 14.6. The fraction of sp³-hybridized carbons (Fsp3) is 0. The molecule has 0 N–H and O–H groups in total. The van der Waals surface area contributed by atoms with Crippen LogP contribution >= 0.6 is 0 Å². The molecule has 0 aliphatic heterocycles. The van der Waals surface area contributed by atoms with Crippen molar-refractivity contribution in [2.24, 2.45) is 0 Å². The third kappa shape index (κ3) is 6.19. The van der Waals surface area contributed by atoms with Gasteiger partial charge in [-0.3, -0.25) is 9.59 Å². The highest BCUT2D eigenvalue weighted by molar-refractivity contribution is 6.08. The highest BCUT2D eigenvalue weighted by atomic mass is 16.3. The van der Waals surface area contributed by atoms with Crippen molar-refractivity contribution in [3.8, 4) is 66.8 Å². The summed E-state index contributed by atoms with van der Waals surface area (Å²) in [4.78, 5) is 29.0. The maximum atomic E-state index is 14.6. The molecular formula is C56H34O4. The van der Waals surface area contributed by atoms with Crippen LogP contribution in [-0.2, 0) is 0 Å². The van der Waals surface area contributed by atoms with Crippen LogP contribution in [0.2, 0.25) is 0 Å². The first-order valence-corrected chi connectivity index (χ1v) is 20.0. The van der Waals surface area contributed by atoms with Crippen molar-refractivity contribution in [3.63, 3.8) is 0 Å². The predicted octanol–water partition coefficient (Wildman–Crippen LogP) is 14.2. The summed E-state index contributed by atoms with van der Waals surface area (Å²) in [5.74, 6) is 0. The van der Waals surface area contributed by atoms with E-state index in [4.69, 9.17) is 8.83 Å². The van der Waals surface area contributed by atoms with Crippen LogP contribution in [0.3, 0.4) is 0 Å². The summed E-state index contributed by atoms with van der Waals surface area (Å²) in [5.41, 5.74) is 13.3. The van der Waals surface area contributed by atoms with E-state index in [9.17, 15) is 9.59 Å². The Balaban J connectivity index is 1.06. The second kappa shape index (κ2) is 14.4. The molecule has 0 saturated carbocycles. The molecule has 11 rings (SSSR count). The molecule has 0 fully saturated rings. The van der Waals surface area contributed by atoms with Crippen LogP contribution in [-0.4, -0.2) is 0 Å². The Morgan fingerprint density at radius 1 is 0.250 bits per heavy atom. The molecule has 9 aromatic carbocycles. The van der Waals surface area contributed by atoms with Gasteiger partial charge < -0.3 is 8.83 Å². The van der Waals surface area contributed by atoms with E-state index in [1.54, 1.807) is 12.1 Å². The highest BCUT2D eigenvalue weighted by Crippen LogP contribution is 2.37. The quantitative estimate of drug-likeness (QED) is 0.125. The van der Waals surface area contributed by atoms with E-state index in [1.165, 1.54) is 0 Å². The number of rotatable bonds is 6. The van der Waals surface area contributed by atoms with Gasteiger partial charge in [-0.25, -0.2) is 0 Å². The fourth-order valence-electron chi connectivity index (χ4n) is 8.39. The van der Waals surface area contributed by atoms with Gasteiger partial charge in [0.1, 0.15) is 22.1 Å². The summed E-state index contributed by atoms with van der Waals surface area (Å²) in [6.07, 6.45) is 0. The Morgan fingerprint density at radius 2 is 0.600 bits per heavy atom. The Kier molecular flexibility index (Phi) is 8.42. The van der Waals surface area contributed by atoms with Crippen molar-refractivity contribution in [1.82, 2.24) is 0 Å². The van der Waals surface area contributed by atoms with E-state index < -0.39 is 0 Å². The zero-order chi connectivity index (χ0) is 40.2. The third-order valence-electron chi connectivity index (χ3n) is 11.4.